The Hall–Kier alpha value is -2.89. The maximum absolute atomic E-state index is 13.9. The molecule has 1 aliphatic rings. The molecule has 2 aromatic carbocycles. The van der Waals surface area contributed by atoms with Crippen LogP contribution < -0.4 is 0 Å². The summed E-state index contributed by atoms with van der Waals surface area (Å²) in [6.45, 7) is 0. The summed E-state index contributed by atoms with van der Waals surface area (Å²) in [6.07, 6.45) is 0.952. The molecule has 0 N–H and O–H groups in total. The minimum absolute atomic E-state index is 0.0666. The van der Waals surface area contributed by atoms with Crippen LogP contribution in [-0.2, 0) is 0 Å². The lowest BCUT2D eigenvalue weighted by Gasteiger charge is -2.21. The molecule has 1 unspecified atom stereocenters. The third-order valence-electron chi connectivity index (χ3n) is 4.21. The Bertz CT molecular complexity index is 936. The number of hydrogen-bond donors (Lipinski definition) is 0. The van der Waals surface area contributed by atoms with Gasteiger partial charge in [-0.05, 0) is 24.1 Å². The molecule has 4 nitrogen and oxygen atoms in total. The van der Waals surface area contributed by atoms with Crippen molar-refractivity contribution in [2.45, 2.75) is 18.8 Å². The zero-order valence-electron chi connectivity index (χ0n) is 12.5. The Kier molecular flexibility index (Phi) is 3.45. The van der Waals surface area contributed by atoms with Crippen LogP contribution in [0.5, 0.6) is 0 Å². The average Bonchev–Trinajstić information content (AvgIpc) is 3.05. The molecule has 1 heterocycles. The lowest BCUT2D eigenvalue weighted by Crippen LogP contribution is -2.16. The summed E-state index contributed by atoms with van der Waals surface area (Å²) >= 11 is 0. The van der Waals surface area contributed by atoms with Crippen molar-refractivity contribution in [3.05, 3.63) is 71.1 Å². The first-order chi connectivity index (χ1) is 11.6. The van der Waals surface area contributed by atoms with E-state index in [1.165, 1.54) is 6.07 Å². The highest BCUT2D eigenvalue weighted by Crippen LogP contribution is 2.36. The number of nitrogens with zero attached hydrogens (tertiary/aromatic N) is 2. The fourth-order valence-corrected chi connectivity index (χ4v) is 3.03. The number of ketones is 1. The van der Waals surface area contributed by atoms with Crippen LogP contribution in [0.25, 0.3) is 11.4 Å². The van der Waals surface area contributed by atoms with E-state index < -0.39 is 11.6 Å². The summed E-state index contributed by atoms with van der Waals surface area (Å²) in [6, 6.07) is 10.5. The van der Waals surface area contributed by atoms with Crippen LogP contribution in [-0.4, -0.2) is 15.9 Å². The smallest absolute Gasteiger partial charge is 0.234 e. The van der Waals surface area contributed by atoms with Gasteiger partial charge < -0.3 is 4.52 Å². The minimum Gasteiger partial charge on any atom is -0.338 e. The van der Waals surface area contributed by atoms with Gasteiger partial charge in [-0.3, -0.25) is 4.79 Å². The van der Waals surface area contributed by atoms with E-state index in [2.05, 4.69) is 10.1 Å². The van der Waals surface area contributed by atoms with Gasteiger partial charge in [-0.1, -0.05) is 29.4 Å². The molecule has 0 spiro atoms. The zero-order valence-corrected chi connectivity index (χ0v) is 12.5. The van der Waals surface area contributed by atoms with Crippen molar-refractivity contribution in [2.75, 3.05) is 0 Å². The van der Waals surface area contributed by atoms with Gasteiger partial charge in [0.25, 0.3) is 0 Å². The van der Waals surface area contributed by atoms with Crippen molar-refractivity contribution < 1.29 is 18.1 Å². The van der Waals surface area contributed by atoms with Gasteiger partial charge in [0, 0.05) is 18.1 Å². The predicted octanol–water partition coefficient (Wildman–Crippen LogP) is 4.12. The van der Waals surface area contributed by atoms with E-state index >= 15 is 0 Å². The van der Waals surface area contributed by atoms with Gasteiger partial charge in [0.15, 0.2) is 5.78 Å². The molecule has 0 bridgehead atoms. The summed E-state index contributed by atoms with van der Waals surface area (Å²) in [5.41, 5.74) is 1.57. The molecule has 4 rings (SSSR count). The van der Waals surface area contributed by atoms with E-state index in [-0.39, 0.29) is 23.1 Å². The third-order valence-corrected chi connectivity index (χ3v) is 4.21. The number of Topliss-reactive ketones (excluding diaryl/α,β-unsaturated/α-hetero) is 1. The van der Waals surface area contributed by atoms with Crippen molar-refractivity contribution in [1.82, 2.24) is 10.1 Å². The number of hydrogen-bond acceptors (Lipinski definition) is 4. The molecule has 120 valence electrons. The Morgan fingerprint density at radius 1 is 1.08 bits per heavy atom. The SMILES string of the molecule is O=C1CCC(c2nc(-c3ccc(F)cc3F)no2)c2ccccc21. The van der Waals surface area contributed by atoms with Gasteiger partial charge in [0.2, 0.25) is 11.7 Å². The average molecular weight is 326 g/mol. The Labute approximate surface area is 136 Å². The first-order valence-electron chi connectivity index (χ1n) is 7.54. The predicted molar refractivity (Wildman–Crippen MR) is 81.5 cm³/mol. The second kappa shape index (κ2) is 5.63. The molecule has 3 aromatic rings. The van der Waals surface area contributed by atoms with Crippen molar-refractivity contribution in [1.29, 1.82) is 0 Å². The van der Waals surface area contributed by atoms with Crippen LogP contribution in [0.3, 0.4) is 0 Å². The number of fused-ring (bicyclic) bond motifs is 1. The quantitative estimate of drug-likeness (QED) is 0.711. The highest BCUT2D eigenvalue weighted by molar-refractivity contribution is 5.98. The van der Waals surface area contributed by atoms with Crippen LogP contribution in [0.1, 0.15) is 40.6 Å². The van der Waals surface area contributed by atoms with E-state index in [4.69, 9.17) is 4.52 Å². The van der Waals surface area contributed by atoms with Gasteiger partial charge in [0.05, 0.1) is 11.5 Å². The molecular weight excluding hydrogens is 314 g/mol. The Morgan fingerprint density at radius 2 is 1.92 bits per heavy atom. The Balaban J connectivity index is 1.73. The lowest BCUT2D eigenvalue weighted by atomic mass is 9.82. The summed E-state index contributed by atoms with van der Waals surface area (Å²) < 4.78 is 32.2. The lowest BCUT2D eigenvalue weighted by molar-refractivity contribution is 0.0967. The third kappa shape index (κ3) is 2.40. The van der Waals surface area contributed by atoms with Crippen molar-refractivity contribution in [3.8, 4) is 11.4 Å². The largest absolute Gasteiger partial charge is 0.338 e. The van der Waals surface area contributed by atoms with Crippen molar-refractivity contribution in [3.63, 3.8) is 0 Å². The van der Waals surface area contributed by atoms with E-state index in [1.807, 2.05) is 18.2 Å². The maximum Gasteiger partial charge on any atom is 0.234 e. The number of carbonyl (C=O) groups excluding carboxylic acids is 1. The topological polar surface area (TPSA) is 56.0 Å². The molecule has 0 fully saturated rings. The summed E-state index contributed by atoms with van der Waals surface area (Å²) in [7, 11) is 0. The van der Waals surface area contributed by atoms with E-state index in [9.17, 15) is 13.6 Å². The molecular formula is C18H12F2N2O2. The molecule has 6 heteroatoms. The summed E-state index contributed by atoms with van der Waals surface area (Å²) in [5, 5.41) is 3.81. The van der Waals surface area contributed by atoms with Crippen molar-refractivity contribution >= 4 is 5.78 Å². The number of aromatic nitrogens is 2. The number of benzene rings is 2. The molecule has 0 saturated heterocycles. The van der Waals surface area contributed by atoms with Gasteiger partial charge in [-0.15, -0.1) is 0 Å². The molecule has 0 aliphatic heterocycles. The first kappa shape index (κ1) is 14.7. The van der Waals surface area contributed by atoms with Gasteiger partial charge in [-0.2, -0.15) is 4.98 Å². The second-order valence-electron chi connectivity index (χ2n) is 5.68. The highest BCUT2D eigenvalue weighted by atomic mass is 19.1. The van der Waals surface area contributed by atoms with E-state index in [0.29, 0.717) is 24.3 Å². The number of halogens is 2. The molecule has 1 aromatic heterocycles. The van der Waals surface area contributed by atoms with Crippen LogP contribution >= 0.6 is 0 Å². The number of carbonyl (C=O) groups is 1. The van der Waals surface area contributed by atoms with E-state index in [1.54, 1.807) is 6.07 Å². The van der Waals surface area contributed by atoms with Crippen LogP contribution in [0.2, 0.25) is 0 Å². The summed E-state index contributed by atoms with van der Waals surface area (Å²) in [4.78, 5) is 16.3. The molecule has 0 radical (unpaired) electrons. The van der Waals surface area contributed by atoms with Gasteiger partial charge in [0.1, 0.15) is 11.6 Å². The second-order valence-corrected chi connectivity index (χ2v) is 5.68. The van der Waals surface area contributed by atoms with Gasteiger partial charge in [-0.25, -0.2) is 8.78 Å². The minimum atomic E-state index is -0.749. The fourth-order valence-electron chi connectivity index (χ4n) is 3.03. The molecule has 24 heavy (non-hydrogen) atoms. The highest BCUT2D eigenvalue weighted by Gasteiger charge is 2.30. The zero-order chi connectivity index (χ0) is 16.7. The Morgan fingerprint density at radius 3 is 2.75 bits per heavy atom. The van der Waals surface area contributed by atoms with Crippen LogP contribution in [0.15, 0.2) is 47.0 Å². The van der Waals surface area contributed by atoms with Gasteiger partial charge >= 0.3 is 0 Å². The van der Waals surface area contributed by atoms with Crippen LogP contribution in [0.4, 0.5) is 8.78 Å². The maximum atomic E-state index is 13.9. The van der Waals surface area contributed by atoms with E-state index in [0.717, 1.165) is 17.7 Å². The molecule has 0 saturated carbocycles. The first-order valence-corrected chi connectivity index (χ1v) is 7.54. The van der Waals surface area contributed by atoms with Crippen LogP contribution in [0, 0.1) is 11.6 Å². The number of rotatable bonds is 2. The monoisotopic (exact) mass is 326 g/mol. The fraction of sp³-hybridized carbons (Fsp3) is 0.167. The standard InChI is InChI=1S/C18H12F2N2O2/c19-10-5-6-14(15(20)9-10)17-21-18(24-22-17)13-7-8-16(23)12-4-2-1-3-11(12)13/h1-6,9,13H,7-8H2. The molecule has 0 amide bonds. The normalized spacial score (nSPS) is 16.9. The molecule has 1 atom stereocenters. The molecule has 1 aliphatic carbocycles. The van der Waals surface area contributed by atoms with Crippen molar-refractivity contribution in [2.24, 2.45) is 0 Å². The summed E-state index contributed by atoms with van der Waals surface area (Å²) in [5.74, 6) is -1.14.